The molecule has 1 aromatic carbocycles. The van der Waals surface area contributed by atoms with Gasteiger partial charge in [-0.05, 0) is 18.2 Å². The molecular weight excluding hydrogens is 296 g/mol. The van der Waals surface area contributed by atoms with E-state index in [-0.39, 0.29) is 18.3 Å². The van der Waals surface area contributed by atoms with Crippen molar-refractivity contribution in [2.24, 2.45) is 10.9 Å². The summed E-state index contributed by atoms with van der Waals surface area (Å²) in [5, 5.41) is 14.7. The fourth-order valence-corrected chi connectivity index (χ4v) is 1.77. The van der Waals surface area contributed by atoms with E-state index in [1.165, 1.54) is 4.90 Å². The van der Waals surface area contributed by atoms with E-state index >= 15 is 0 Å². The fraction of sp³-hybridized carbons (Fsp3) is 0.385. The van der Waals surface area contributed by atoms with Gasteiger partial charge in [-0.1, -0.05) is 22.8 Å². The molecule has 8 heteroatoms. The highest BCUT2D eigenvalue weighted by Crippen LogP contribution is 2.15. The molecule has 0 saturated carbocycles. The van der Waals surface area contributed by atoms with Crippen LogP contribution in [0, 0.1) is 0 Å². The van der Waals surface area contributed by atoms with Gasteiger partial charge in [-0.2, -0.15) is 0 Å². The third-order valence-electron chi connectivity index (χ3n) is 2.69. The summed E-state index contributed by atoms with van der Waals surface area (Å²) >= 11 is 5.87. The highest BCUT2D eigenvalue weighted by molar-refractivity contribution is 6.30. The zero-order valence-corrected chi connectivity index (χ0v) is 12.5. The summed E-state index contributed by atoms with van der Waals surface area (Å²) in [6.07, 6.45) is 0.267. The van der Waals surface area contributed by atoms with Crippen LogP contribution < -0.4 is 11.1 Å². The fourth-order valence-electron chi connectivity index (χ4n) is 1.58. The Kier molecular flexibility index (Phi) is 7.34. The lowest BCUT2D eigenvalue weighted by Crippen LogP contribution is -2.39. The van der Waals surface area contributed by atoms with Gasteiger partial charge in [0.15, 0.2) is 0 Å². The van der Waals surface area contributed by atoms with Gasteiger partial charge >= 0.3 is 6.03 Å². The largest absolute Gasteiger partial charge is 0.409 e. The molecule has 0 aliphatic rings. The summed E-state index contributed by atoms with van der Waals surface area (Å²) in [5.41, 5.74) is 6.01. The van der Waals surface area contributed by atoms with E-state index in [9.17, 15) is 4.79 Å². The molecule has 1 aromatic rings. The number of urea groups is 1. The number of nitrogens with zero attached hydrogens (tertiary/aromatic N) is 2. The van der Waals surface area contributed by atoms with Crippen LogP contribution in [-0.4, -0.2) is 48.8 Å². The van der Waals surface area contributed by atoms with E-state index in [4.69, 9.17) is 27.3 Å². The molecule has 0 aliphatic carbocycles. The molecule has 0 aliphatic heterocycles. The average Bonchev–Trinajstić information content (AvgIpc) is 2.46. The molecule has 0 fully saturated rings. The van der Waals surface area contributed by atoms with E-state index in [0.29, 0.717) is 30.4 Å². The third kappa shape index (κ3) is 6.33. The summed E-state index contributed by atoms with van der Waals surface area (Å²) in [7, 11) is 1.55. The third-order valence-corrected chi connectivity index (χ3v) is 2.93. The van der Waals surface area contributed by atoms with E-state index in [1.54, 1.807) is 31.4 Å². The zero-order chi connectivity index (χ0) is 15.7. The number of methoxy groups -OCH3 is 1. The minimum Gasteiger partial charge on any atom is -0.409 e. The Bertz CT molecular complexity index is 496. The molecule has 0 spiro atoms. The Balaban J connectivity index is 2.65. The number of benzene rings is 1. The number of carbonyl (C=O) groups excluding carboxylic acids is 1. The van der Waals surface area contributed by atoms with Crippen molar-refractivity contribution in [3.8, 4) is 0 Å². The summed E-state index contributed by atoms with van der Waals surface area (Å²) in [6.45, 7) is 1.09. The Labute approximate surface area is 128 Å². The van der Waals surface area contributed by atoms with Gasteiger partial charge in [-0.25, -0.2) is 4.79 Å². The number of amides is 2. The summed E-state index contributed by atoms with van der Waals surface area (Å²) in [4.78, 5) is 13.7. The van der Waals surface area contributed by atoms with Gasteiger partial charge in [0.25, 0.3) is 0 Å². The van der Waals surface area contributed by atoms with Crippen molar-refractivity contribution in [3.05, 3.63) is 29.3 Å². The molecule has 2 amide bonds. The smallest absolute Gasteiger partial charge is 0.321 e. The van der Waals surface area contributed by atoms with Gasteiger partial charge in [0.05, 0.1) is 6.61 Å². The van der Waals surface area contributed by atoms with Crippen molar-refractivity contribution in [3.63, 3.8) is 0 Å². The first-order valence-corrected chi connectivity index (χ1v) is 6.71. The number of hydrogen-bond acceptors (Lipinski definition) is 4. The molecule has 0 aromatic heterocycles. The summed E-state index contributed by atoms with van der Waals surface area (Å²) in [5.74, 6) is 0.0629. The van der Waals surface area contributed by atoms with Crippen molar-refractivity contribution in [1.82, 2.24) is 4.90 Å². The van der Waals surface area contributed by atoms with Gasteiger partial charge in [0.2, 0.25) is 0 Å². The van der Waals surface area contributed by atoms with Crippen LogP contribution in [0.15, 0.2) is 29.4 Å². The SMILES string of the molecule is COCCN(CCC(N)=NO)C(=O)Nc1cccc(Cl)c1. The molecule has 7 nitrogen and oxygen atoms in total. The van der Waals surface area contributed by atoms with Crippen LogP contribution >= 0.6 is 11.6 Å². The molecule has 0 unspecified atom stereocenters. The highest BCUT2D eigenvalue weighted by atomic mass is 35.5. The first kappa shape index (κ1) is 17.1. The second kappa shape index (κ2) is 9.04. The van der Waals surface area contributed by atoms with Crippen molar-refractivity contribution >= 4 is 29.2 Å². The normalized spacial score (nSPS) is 11.2. The Morgan fingerprint density at radius 2 is 2.29 bits per heavy atom. The molecule has 0 radical (unpaired) electrons. The van der Waals surface area contributed by atoms with Crippen molar-refractivity contribution in [1.29, 1.82) is 0 Å². The quantitative estimate of drug-likeness (QED) is 0.310. The van der Waals surface area contributed by atoms with Gasteiger partial charge in [-0.3, -0.25) is 0 Å². The van der Waals surface area contributed by atoms with Gasteiger partial charge in [-0.15, -0.1) is 0 Å². The van der Waals surface area contributed by atoms with E-state index in [0.717, 1.165) is 0 Å². The van der Waals surface area contributed by atoms with Crippen molar-refractivity contribution in [2.75, 3.05) is 32.1 Å². The van der Waals surface area contributed by atoms with Crippen LogP contribution in [0.5, 0.6) is 0 Å². The molecular formula is C13H19ClN4O3. The van der Waals surface area contributed by atoms with Crippen LogP contribution in [0.25, 0.3) is 0 Å². The van der Waals surface area contributed by atoms with Gasteiger partial charge in [0, 0.05) is 37.3 Å². The molecule has 116 valence electrons. The first-order valence-electron chi connectivity index (χ1n) is 6.33. The van der Waals surface area contributed by atoms with Crippen molar-refractivity contribution < 1.29 is 14.7 Å². The average molecular weight is 315 g/mol. The van der Waals surface area contributed by atoms with Crippen LogP contribution in [-0.2, 0) is 4.74 Å². The van der Waals surface area contributed by atoms with E-state index < -0.39 is 0 Å². The topological polar surface area (TPSA) is 100 Å². The summed E-state index contributed by atoms with van der Waals surface area (Å²) in [6, 6.07) is 6.55. The van der Waals surface area contributed by atoms with E-state index in [1.807, 2.05) is 0 Å². The Hall–Kier alpha value is -1.99. The number of ether oxygens (including phenoxy) is 1. The second-order valence-corrected chi connectivity index (χ2v) is 4.70. The Morgan fingerprint density at radius 3 is 2.90 bits per heavy atom. The Morgan fingerprint density at radius 1 is 1.52 bits per heavy atom. The zero-order valence-electron chi connectivity index (χ0n) is 11.8. The van der Waals surface area contributed by atoms with Crippen LogP contribution in [0.3, 0.4) is 0 Å². The number of hydrogen-bond donors (Lipinski definition) is 3. The lowest BCUT2D eigenvalue weighted by atomic mass is 10.3. The van der Waals surface area contributed by atoms with Crippen LogP contribution in [0.4, 0.5) is 10.5 Å². The second-order valence-electron chi connectivity index (χ2n) is 4.26. The molecule has 4 N–H and O–H groups in total. The van der Waals surface area contributed by atoms with Gasteiger partial charge in [0.1, 0.15) is 5.84 Å². The molecule has 21 heavy (non-hydrogen) atoms. The number of anilines is 1. The predicted octanol–water partition coefficient (Wildman–Crippen LogP) is 1.96. The number of amidine groups is 1. The molecule has 1 rings (SSSR count). The maximum Gasteiger partial charge on any atom is 0.321 e. The maximum absolute atomic E-state index is 12.2. The van der Waals surface area contributed by atoms with Gasteiger partial charge < -0.3 is 25.9 Å². The van der Waals surface area contributed by atoms with Crippen molar-refractivity contribution in [2.45, 2.75) is 6.42 Å². The van der Waals surface area contributed by atoms with E-state index in [2.05, 4.69) is 10.5 Å². The first-order chi connectivity index (χ1) is 10.1. The monoisotopic (exact) mass is 314 g/mol. The highest BCUT2D eigenvalue weighted by Gasteiger charge is 2.14. The maximum atomic E-state index is 12.2. The number of carbonyl (C=O) groups is 1. The number of nitrogens with one attached hydrogen (secondary N) is 1. The molecule has 0 saturated heterocycles. The molecule has 0 bridgehead atoms. The lowest BCUT2D eigenvalue weighted by Gasteiger charge is -2.22. The van der Waals surface area contributed by atoms with Crippen LogP contribution in [0.1, 0.15) is 6.42 Å². The van der Waals surface area contributed by atoms with Crippen LogP contribution in [0.2, 0.25) is 5.02 Å². The number of oxime groups is 1. The predicted molar refractivity (Wildman–Crippen MR) is 81.9 cm³/mol. The number of halogens is 1. The molecule has 0 heterocycles. The minimum atomic E-state index is -0.306. The lowest BCUT2D eigenvalue weighted by molar-refractivity contribution is 0.156. The summed E-state index contributed by atoms with van der Waals surface area (Å²) < 4.78 is 4.97. The standard InChI is InChI=1S/C13H19ClN4O3/c1-21-8-7-18(6-5-12(15)17-20)13(19)16-11-4-2-3-10(14)9-11/h2-4,9,20H,5-8H2,1H3,(H2,15,17)(H,16,19). The minimum absolute atomic E-state index is 0.0629. The number of rotatable bonds is 7. The molecule has 0 atom stereocenters. The number of nitrogens with two attached hydrogens (primary N) is 1.